The number of nitrogens with zero attached hydrogens (tertiary/aromatic N) is 4. The number of H-pyrrole nitrogens is 1. The minimum Gasteiger partial charge on any atom is -0.504 e. The van der Waals surface area contributed by atoms with E-state index in [2.05, 4.69) is 35.4 Å². The Kier molecular flexibility index (Phi) is 6.00. The highest BCUT2D eigenvalue weighted by atomic mass is 79.9. The number of hydrogen-bond acceptors (Lipinski definition) is 7. The van der Waals surface area contributed by atoms with Crippen LogP contribution < -0.4 is 10.3 Å². The summed E-state index contributed by atoms with van der Waals surface area (Å²) in [6.45, 7) is 2.32. The molecule has 158 valence electrons. The van der Waals surface area contributed by atoms with Crippen molar-refractivity contribution in [3.05, 3.63) is 22.9 Å². The molecule has 1 aliphatic heterocycles. The van der Waals surface area contributed by atoms with E-state index in [1.807, 2.05) is 4.90 Å². The number of benzene rings is 1. The number of rotatable bonds is 6. The summed E-state index contributed by atoms with van der Waals surface area (Å²) in [5, 5.41) is 20.4. The van der Waals surface area contributed by atoms with E-state index in [-0.39, 0.29) is 11.5 Å². The molecule has 1 fully saturated rings. The van der Waals surface area contributed by atoms with Crippen LogP contribution >= 0.6 is 27.7 Å². The van der Waals surface area contributed by atoms with Gasteiger partial charge in [-0.15, -0.1) is 0 Å². The van der Waals surface area contributed by atoms with Gasteiger partial charge in [0.15, 0.2) is 23.6 Å². The summed E-state index contributed by atoms with van der Waals surface area (Å²) < 4.78 is 2.73. The Labute approximate surface area is 185 Å². The highest BCUT2D eigenvalue weighted by molar-refractivity contribution is 9.10. The predicted molar refractivity (Wildman–Crippen MR) is 115 cm³/mol. The van der Waals surface area contributed by atoms with Crippen LogP contribution in [-0.2, 0) is 11.3 Å². The SMILES string of the molecule is Nc1ncnc2c1[nH]c(Sc1cc(O)c(O)cc1Br)[n+]2CCC1CCN(C=O)CC1. The average Bonchev–Trinajstić information content (AvgIpc) is 3.09. The number of aryl methyl sites for hydroxylation is 1. The van der Waals surface area contributed by atoms with Crippen molar-refractivity contribution in [1.29, 1.82) is 0 Å². The lowest BCUT2D eigenvalue weighted by molar-refractivity contribution is -0.711. The van der Waals surface area contributed by atoms with Gasteiger partial charge in [-0.05, 0) is 65.0 Å². The number of halogens is 1. The molecule has 0 unspecified atom stereocenters. The topological polar surface area (TPSA) is 132 Å². The second-order valence-corrected chi connectivity index (χ2v) is 9.17. The summed E-state index contributed by atoms with van der Waals surface area (Å²) in [7, 11) is 0. The molecule has 5 N–H and O–H groups in total. The first kappa shape index (κ1) is 20.7. The Bertz CT molecular complexity index is 1080. The van der Waals surface area contributed by atoms with Gasteiger partial charge in [-0.25, -0.2) is 4.57 Å². The fourth-order valence-corrected chi connectivity index (χ4v) is 5.20. The number of nitrogen functional groups attached to an aromatic ring is 1. The molecule has 4 rings (SSSR count). The van der Waals surface area contributed by atoms with Crippen molar-refractivity contribution >= 4 is 51.1 Å². The van der Waals surface area contributed by atoms with Crippen LogP contribution in [0.15, 0.2) is 33.0 Å². The van der Waals surface area contributed by atoms with Gasteiger partial charge in [-0.2, -0.15) is 4.98 Å². The van der Waals surface area contributed by atoms with Crippen LogP contribution in [0.3, 0.4) is 0 Å². The third kappa shape index (κ3) is 4.17. The summed E-state index contributed by atoms with van der Waals surface area (Å²) >= 11 is 4.84. The monoisotopic (exact) mass is 493 g/mol. The Morgan fingerprint density at radius 3 is 2.77 bits per heavy atom. The number of carbonyl (C=O) groups is 1. The summed E-state index contributed by atoms with van der Waals surface area (Å²) in [5.74, 6) is 0.518. The Morgan fingerprint density at radius 2 is 2.03 bits per heavy atom. The number of fused-ring (bicyclic) bond motifs is 1. The van der Waals surface area contributed by atoms with Crippen LogP contribution in [0.1, 0.15) is 19.3 Å². The van der Waals surface area contributed by atoms with Crippen molar-refractivity contribution in [3.63, 3.8) is 0 Å². The molecular weight excluding hydrogens is 472 g/mol. The predicted octanol–water partition coefficient (Wildman–Crippen LogP) is 2.41. The van der Waals surface area contributed by atoms with E-state index in [0.29, 0.717) is 21.7 Å². The van der Waals surface area contributed by atoms with Crippen molar-refractivity contribution in [1.82, 2.24) is 19.9 Å². The van der Waals surface area contributed by atoms with Gasteiger partial charge in [-0.3, -0.25) is 9.78 Å². The number of piperidine rings is 1. The zero-order valence-electron chi connectivity index (χ0n) is 16.1. The number of aromatic nitrogens is 4. The fourth-order valence-electron chi connectivity index (χ4n) is 3.65. The molecule has 3 heterocycles. The molecule has 1 aromatic carbocycles. The van der Waals surface area contributed by atoms with Crippen molar-refractivity contribution in [2.75, 3.05) is 18.8 Å². The van der Waals surface area contributed by atoms with E-state index in [1.54, 1.807) is 0 Å². The van der Waals surface area contributed by atoms with Crippen molar-refractivity contribution in [2.45, 2.75) is 35.9 Å². The maximum absolute atomic E-state index is 10.9. The van der Waals surface area contributed by atoms with Gasteiger partial charge in [0.2, 0.25) is 11.9 Å². The first-order chi connectivity index (χ1) is 14.5. The lowest BCUT2D eigenvalue weighted by Gasteiger charge is -2.28. The molecule has 0 atom stereocenters. The molecular formula is C19H22BrN6O3S+. The van der Waals surface area contributed by atoms with E-state index >= 15 is 0 Å². The number of phenols is 2. The van der Waals surface area contributed by atoms with E-state index in [4.69, 9.17) is 5.73 Å². The van der Waals surface area contributed by atoms with Crippen LogP contribution in [-0.4, -0.2) is 49.6 Å². The number of amides is 1. The number of anilines is 1. The molecule has 30 heavy (non-hydrogen) atoms. The Balaban J connectivity index is 1.62. The number of likely N-dealkylation sites (tertiary alicyclic amines) is 1. The van der Waals surface area contributed by atoms with Gasteiger partial charge in [0.1, 0.15) is 0 Å². The molecule has 1 aliphatic rings. The van der Waals surface area contributed by atoms with Crippen LogP contribution in [0, 0.1) is 5.92 Å². The Hall–Kier alpha value is -2.53. The van der Waals surface area contributed by atoms with Gasteiger partial charge < -0.3 is 20.8 Å². The third-order valence-corrected chi connectivity index (χ3v) is 7.38. The second-order valence-electron chi connectivity index (χ2n) is 7.29. The first-order valence-corrected chi connectivity index (χ1v) is 11.2. The summed E-state index contributed by atoms with van der Waals surface area (Å²) in [6.07, 6.45) is 5.28. The minimum absolute atomic E-state index is 0.187. The van der Waals surface area contributed by atoms with Crippen molar-refractivity contribution in [3.8, 4) is 11.5 Å². The number of nitrogens with two attached hydrogens (primary N) is 1. The zero-order chi connectivity index (χ0) is 21.3. The summed E-state index contributed by atoms with van der Waals surface area (Å²) in [5.41, 5.74) is 7.43. The second kappa shape index (κ2) is 8.68. The van der Waals surface area contributed by atoms with Crippen molar-refractivity contribution < 1.29 is 19.6 Å². The maximum Gasteiger partial charge on any atom is 0.308 e. The smallest absolute Gasteiger partial charge is 0.308 e. The summed E-state index contributed by atoms with van der Waals surface area (Å²) in [6, 6.07) is 2.96. The van der Waals surface area contributed by atoms with Crippen LogP contribution in [0.2, 0.25) is 0 Å². The molecule has 9 nitrogen and oxygen atoms in total. The lowest BCUT2D eigenvalue weighted by Crippen LogP contribution is -2.38. The molecule has 0 bridgehead atoms. The van der Waals surface area contributed by atoms with E-state index < -0.39 is 0 Å². The number of aromatic hydroxyl groups is 2. The van der Waals surface area contributed by atoms with Gasteiger partial charge >= 0.3 is 5.65 Å². The van der Waals surface area contributed by atoms with Crippen LogP contribution in [0.5, 0.6) is 11.5 Å². The molecule has 0 radical (unpaired) electrons. The highest BCUT2D eigenvalue weighted by Crippen LogP contribution is 2.39. The van der Waals surface area contributed by atoms with E-state index in [9.17, 15) is 15.0 Å². The number of imidazole rings is 1. The number of hydrogen-bond donors (Lipinski definition) is 4. The van der Waals surface area contributed by atoms with Crippen LogP contribution in [0.25, 0.3) is 11.2 Å². The normalized spacial score (nSPS) is 15.0. The van der Waals surface area contributed by atoms with E-state index in [0.717, 1.165) is 61.0 Å². The molecule has 0 spiro atoms. The fraction of sp³-hybridized carbons (Fsp3) is 0.368. The molecule has 11 heteroatoms. The molecule has 0 aliphatic carbocycles. The number of aromatic amines is 1. The Morgan fingerprint density at radius 1 is 1.30 bits per heavy atom. The largest absolute Gasteiger partial charge is 0.504 e. The number of nitrogens with one attached hydrogen (secondary N) is 1. The molecule has 0 saturated carbocycles. The zero-order valence-corrected chi connectivity index (χ0v) is 18.5. The maximum atomic E-state index is 10.9. The van der Waals surface area contributed by atoms with E-state index in [1.165, 1.54) is 30.2 Å². The minimum atomic E-state index is -0.190. The molecule has 2 aromatic heterocycles. The molecule has 3 aromatic rings. The number of phenolic OH excluding ortho intramolecular Hbond substituents is 2. The van der Waals surface area contributed by atoms with Gasteiger partial charge in [0.05, 0.1) is 6.54 Å². The van der Waals surface area contributed by atoms with Gasteiger partial charge in [0, 0.05) is 22.5 Å². The first-order valence-electron chi connectivity index (χ1n) is 9.57. The quantitative estimate of drug-likeness (QED) is 0.235. The van der Waals surface area contributed by atoms with Crippen LogP contribution in [0.4, 0.5) is 5.82 Å². The number of carbonyl (C=O) groups excluding carboxylic acids is 1. The van der Waals surface area contributed by atoms with Gasteiger partial charge in [0.25, 0.3) is 5.16 Å². The molecule has 1 amide bonds. The average molecular weight is 494 g/mol. The third-order valence-electron chi connectivity index (χ3n) is 5.38. The highest BCUT2D eigenvalue weighted by Gasteiger charge is 2.25. The lowest BCUT2D eigenvalue weighted by atomic mass is 9.94. The van der Waals surface area contributed by atoms with Gasteiger partial charge in [-0.1, -0.05) is 4.98 Å². The standard InChI is InChI=1S/C19H21BrN6O3S/c20-12-7-13(28)14(29)8-15(12)30-19-24-16-17(21)22-9-23-18(16)26(19)6-3-11-1-4-25(10-27)5-2-11/h7-11H,1-6H2,(H4,21,22,23,28,29)/p+1. The summed E-state index contributed by atoms with van der Waals surface area (Å²) in [4.78, 5) is 25.3. The molecule has 1 saturated heterocycles. The van der Waals surface area contributed by atoms with Crippen molar-refractivity contribution in [2.24, 2.45) is 5.92 Å².